The predicted molar refractivity (Wildman–Crippen MR) is 63.6 cm³/mol. The van der Waals surface area contributed by atoms with Gasteiger partial charge < -0.3 is 10.0 Å². The van der Waals surface area contributed by atoms with E-state index in [0.29, 0.717) is 13.1 Å². The summed E-state index contributed by atoms with van der Waals surface area (Å²) in [4.78, 5) is 26.4. The molecule has 8 heteroatoms. The molecule has 1 fully saturated rings. The Kier molecular flexibility index (Phi) is 3.29. The lowest BCUT2D eigenvalue weighted by atomic mass is 9.96. The van der Waals surface area contributed by atoms with Crippen molar-refractivity contribution < 1.29 is 14.8 Å². The van der Waals surface area contributed by atoms with Crippen LogP contribution < -0.4 is 4.90 Å². The number of carboxylic acids is 1. The van der Waals surface area contributed by atoms with Crippen molar-refractivity contribution in [3.05, 3.63) is 27.9 Å². The first-order chi connectivity index (χ1) is 9.02. The summed E-state index contributed by atoms with van der Waals surface area (Å²) in [6.45, 7) is 0.796. The minimum Gasteiger partial charge on any atom is -0.481 e. The standard InChI is InChI=1S/C11H10N4O4/c12-4-8-1-2-13-11(10(8)15(18)19)14-5-7(6-14)3-9(16)17/h1-2,7H,3,5-6H2,(H,16,17). The Bertz CT molecular complexity index is 575. The third-order valence-corrected chi connectivity index (χ3v) is 2.93. The number of hydrogen-bond donors (Lipinski definition) is 1. The first kappa shape index (κ1) is 12.8. The maximum atomic E-state index is 11.0. The SMILES string of the molecule is N#Cc1ccnc(N2CC(CC(=O)O)C2)c1[N+](=O)[O-]. The van der Waals surface area contributed by atoms with Crippen molar-refractivity contribution in [1.29, 1.82) is 5.26 Å². The van der Waals surface area contributed by atoms with E-state index in [-0.39, 0.29) is 29.4 Å². The molecule has 2 rings (SSSR count). The lowest BCUT2D eigenvalue weighted by Gasteiger charge is -2.38. The van der Waals surface area contributed by atoms with Gasteiger partial charge in [0.05, 0.1) is 11.3 Å². The zero-order valence-corrected chi connectivity index (χ0v) is 9.81. The molecule has 1 N–H and O–H groups in total. The molecule has 0 saturated carbocycles. The highest BCUT2D eigenvalue weighted by Crippen LogP contribution is 2.34. The number of aliphatic carboxylic acids is 1. The molecule has 98 valence electrons. The second-order valence-corrected chi connectivity index (χ2v) is 4.27. The van der Waals surface area contributed by atoms with Crippen LogP contribution in [0.2, 0.25) is 0 Å². The highest BCUT2D eigenvalue weighted by Gasteiger charge is 2.35. The molecule has 1 aromatic heterocycles. The van der Waals surface area contributed by atoms with E-state index in [4.69, 9.17) is 10.4 Å². The van der Waals surface area contributed by atoms with E-state index in [0.717, 1.165) is 0 Å². The molecule has 1 aromatic rings. The minimum absolute atomic E-state index is 0.0300. The van der Waals surface area contributed by atoms with Crippen LogP contribution in [0, 0.1) is 27.4 Å². The van der Waals surface area contributed by atoms with Gasteiger partial charge in [0, 0.05) is 25.2 Å². The van der Waals surface area contributed by atoms with E-state index in [2.05, 4.69) is 4.98 Å². The number of pyridine rings is 1. The van der Waals surface area contributed by atoms with Crippen molar-refractivity contribution in [1.82, 2.24) is 4.98 Å². The second-order valence-electron chi connectivity index (χ2n) is 4.27. The fourth-order valence-electron chi connectivity index (χ4n) is 2.06. The maximum absolute atomic E-state index is 11.0. The van der Waals surface area contributed by atoms with Crippen LogP contribution in [-0.2, 0) is 4.79 Å². The van der Waals surface area contributed by atoms with Crippen LogP contribution >= 0.6 is 0 Å². The number of aromatic nitrogens is 1. The van der Waals surface area contributed by atoms with Crippen molar-refractivity contribution >= 4 is 17.5 Å². The molecule has 2 heterocycles. The van der Waals surface area contributed by atoms with Crippen molar-refractivity contribution in [2.24, 2.45) is 5.92 Å². The Morgan fingerprint density at radius 1 is 1.68 bits per heavy atom. The van der Waals surface area contributed by atoms with Crippen LogP contribution in [0.4, 0.5) is 11.5 Å². The van der Waals surface area contributed by atoms with Crippen molar-refractivity contribution in [2.45, 2.75) is 6.42 Å². The second kappa shape index (κ2) is 4.89. The first-order valence-corrected chi connectivity index (χ1v) is 5.53. The van der Waals surface area contributed by atoms with Crippen LogP contribution in [0.3, 0.4) is 0 Å². The zero-order valence-electron chi connectivity index (χ0n) is 9.81. The van der Waals surface area contributed by atoms with E-state index >= 15 is 0 Å². The highest BCUT2D eigenvalue weighted by atomic mass is 16.6. The van der Waals surface area contributed by atoms with Crippen LogP contribution in [-0.4, -0.2) is 34.1 Å². The van der Waals surface area contributed by atoms with Gasteiger partial charge in [-0.2, -0.15) is 5.26 Å². The highest BCUT2D eigenvalue weighted by molar-refractivity contribution is 5.69. The Morgan fingerprint density at radius 2 is 2.37 bits per heavy atom. The van der Waals surface area contributed by atoms with Gasteiger partial charge in [0.1, 0.15) is 11.6 Å². The Balaban J connectivity index is 2.21. The molecule has 0 aromatic carbocycles. The topological polar surface area (TPSA) is 120 Å². The monoisotopic (exact) mass is 262 g/mol. The van der Waals surface area contributed by atoms with Gasteiger partial charge in [0.25, 0.3) is 0 Å². The molecule has 0 amide bonds. The van der Waals surface area contributed by atoms with Gasteiger partial charge in [-0.05, 0) is 6.07 Å². The number of hydrogen-bond acceptors (Lipinski definition) is 6. The Hall–Kier alpha value is -2.69. The molecule has 0 bridgehead atoms. The summed E-state index contributed by atoms with van der Waals surface area (Å²) < 4.78 is 0. The van der Waals surface area contributed by atoms with Crippen molar-refractivity contribution in [3.8, 4) is 6.07 Å². The van der Waals surface area contributed by atoms with Crippen LogP contribution in [0.5, 0.6) is 0 Å². The average Bonchev–Trinajstić information content (AvgIpc) is 2.31. The van der Waals surface area contributed by atoms with Crippen LogP contribution in [0.1, 0.15) is 12.0 Å². The number of nitro groups is 1. The first-order valence-electron chi connectivity index (χ1n) is 5.53. The lowest BCUT2D eigenvalue weighted by Crippen LogP contribution is -2.48. The Labute approximate surface area is 108 Å². The molecule has 0 radical (unpaired) electrons. The molecule has 0 atom stereocenters. The smallest absolute Gasteiger partial charge is 0.329 e. The molecular weight excluding hydrogens is 252 g/mol. The Morgan fingerprint density at radius 3 is 2.89 bits per heavy atom. The number of rotatable bonds is 4. The third-order valence-electron chi connectivity index (χ3n) is 2.93. The van der Waals surface area contributed by atoms with Gasteiger partial charge in [0.2, 0.25) is 5.82 Å². The summed E-state index contributed by atoms with van der Waals surface area (Å²) in [6.07, 6.45) is 1.37. The molecule has 1 saturated heterocycles. The minimum atomic E-state index is -0.891. The predicted octanol–water partition coefficient (Wildman–Crippen LogP) is 0.772. The summed E-state index contributed by atoms with van der Waals surface area (Å²) in [7, 11) is 0. The van der Waals surface area contributed by atoms with Crippen molar-refractivity contribution in [3.63, 3.8) is 0 Å². The molecule has 19 heavy (non-hydrogen) atoms. The zero-order chi connectivity index (χ0) is 14.0. The number of carbonyl (C=O) groups is 1. The number of nitriles is 1. The molecule has 0 aliphatic carbocycles. The summed E-state index contributed by atoms with van der Waals surface area (Å²) in [5, 5.41) is 28.5. The normalized spacial score (nSPS) is 14.6. The fourth-order valence-corrected chi connectivity index (χ4v) is 2.06. The van der Waals surface area contributed by atoms with Gasteiger partial charge in [-0.1, -0.05) is 0 Å². The van der Waals surface area contributed by atoms with Crippen LogP contribution in [0.15, 0.2) is 12.3 Å². The van der Waals surface area contributed by atoms with Crippen molar-refractivity contribution in [2.75, 3.05) is 18.0 Å². The van der Waals surface area contributed by atoms with E-state index < -0.39 is 10.9 Å². The summed E-state index contributed by atoms with van der Waals surface area (Å²) in [6, 6.07) is 3.05. The van der Waals surface area contributed by atoms with Crippen LogP contribution in [0.25, 0.3) is 0 Å². The number of nitrogens with zero attached hydrogens (tertiary/aromatic N) is 4. The summed E-state index contributed by atoms with van der Waals surface area (Å²) in [5.74, 6) is -0.798. The summed E-state index contributed by atoms with van der Waals surface area (Å²) in [5.41, 5.74) is -0.365. The third kappa shape index (κ3) is 2.44. The van der Waals surface area contributed by atoms with Gasteiger partial charge in [0.15, 0.2) is 0 Å². The molecule has 0 unspecified atom stereocenters. The van der Waals surface area contributed by atoms with E-state index in [1.807, 2.05) is 0 Å². The maximum Gasteiger partial charge on any atom is 0.329 e. The number of carboxylic acid groups (broad SMARTS) is 1. The molecule has 1 aliphatic heterocycles. The largest absolute Gasteiger partial charge is 0.481 e. The number of anilines is 1. The molecule has 8 nitrogen and oxygen atoms in total. The van der Waals surface area contributed by atoms with Gasteiger partial charge in [-0.25, -0.2) is 4.98 Å². The van der Waals surface area contributed by atoms with Gasteiger partial charge in [-0.3, -0.25) is 14.9 Å². The van der Waals surface area contributed by atoms with E-state index in [9.17, 15) is 14.9 Å². The van der Waals surface area contributed by atoms with Gasteiger partial charge in [-0.15, -0.1) is 0 Å². The fraction of sp³-hybridized carbons (Fsp3) is 0.364. The lowest BCUT2D eigenvalue weighted by molar-refractivity contribution is -0.384. The molecule has 1 aliphatic rings. The van der Waals surface area contributed by atoms with Gasteiger partial charge >= 0.3 is 11.7 Å². The molecule has 0 spiro atoms. The average molecular weight is 262 g/mol. The van der Waals surface area contributed by atoms with E-state index in [1.54, 1.807) is 11.0 Å². The quantitative estimate of drug-likeness (QED) is 0.628. The molecular formula is C11H10N4O4. The summed E-state index contributed by atoms with van der Waals surface area (Å²) >= 11 is 0. The van der Waals surface area contributed by atoms with E-state index in [1.165, 1.54) is 12.3 Å².